The fourth-order valence-corrected chi connectivity index (χ4v) is 11.1. The van der Waals surface area contributed by atoms with Crippen LogP contribution in [0.3, 0.4) is 0 Å². The zero-order valence-electron chi connectivity index (χ0n) is 41.9. The van der Waals surface area contributed by atoms with Crippen molar-refractivity contribution >= 4 is 55.7 Å². The van der Waals surface area contributed by atoms with Gasteiger partial charge in [-0.1, -0.05) is 231 Å². The number of hydrogen-bond donors (Lipinski definition) is 0. The minimum absolute atomic E-state index is 1.10. The Balaban J connectivity index is 1.04. The van der Waals surface area contributed by atoms with E-state index in [1.54, 1.807) is 0 Å². The second-order valence-corrected chi connectivity index (χ2v) is 19.2. The molecule has 0 aromatic heterocycles. The van der Waals surface area contributed by atoms with Gasteiger partial charge in [-0.25, -0.2) is 0 Å². The maximum atomic E-state index is 2.44. The fourth-order valence-electron chi connectivity index (χ4n) is 11.1. The van der Waals surface area contributed by atoms with Crippen molar-refractivity contribution in [2.24, 2.45) is 0 Å². The molecule has 358 valence electrons. The largest absolute Gasteiger partial charge is 0.311 e. The van der Waals surface area contributed by atoms with Gasteiger partial charge in [0.15, 0.2) is 0 Å². The molecule has 0 fully saturated rings. The van der Waals surface area contributed by atoms with E-state index < -0.39 is 0 Å². The molecule has 0 aliphatic heterocycles. The Labute approximate surface area is 445 Å². The van der Waals surface area contributed by atoms with Crippen molar-refractivity contribution in [3.05, 3.63) is 315 Å². The molecule has 0 atom stereocenters. The van der Waals surface area contributed by atoms with Crippen LogP contribution in [0.4, 0.5) is 34.1 Å². The Morgan fingerprint density at radius 2 is 0.408 bits per heavy atom. The lowest BCUT2D eigenvalue weighted by Crippen LogP contribution is -2.09. The van der Waals surface area contributed by atoms with Crippen molar-refractivity contribution in [1.29, 1.82) is 0 Å². The molecular weight excluding hydrogens is 917 g/mol. The van der Waals surface area contributed by atoms with Gasteiger partial charge < -0.3 is 9.80 Å². The quantitative estimate of drug-likeness (QED) is 0.113. The molecular formula is C74H52N2. The van der Waals surface area contributed by atoms with Gasteiger partial charge in [-0.05, 0) is 173 Å². The third-order valence-corrected chi connectivity index (χ3v) is 14.7. The zero-order chi connectivity index (χ0) is 50.6. The van der Waals surface area contributed by atoms with Gasteiger partial charge in [-0.2, -0.15) is 0 Å². The number of fused-ring (bicyclic) bond motifs is 2. The highest BCUT2D eigenvalue weighted by Crippen LogP contribution is 2.50. The molecule has 0 spiro atoms. The average Bonchev–Trinajstić information content (AvgIpc) is 3.56. The van der Waals surface area contributed by atoms with E-state index in [0.717, 1.165) is 56.4 Å². The van der Waals surface area contributed by atoms with Crippen LogP contribution in [0.1, 0.15) is 0 Å². The molecule has 0 aliphatic carbocycles. The number of anilines is 6. The summed E-state index contributed by atoms with van der Waals surface area (Å²) in [6.07, 6.45) is 0. The van der Waals surface area contributed by atoms with Crippen LogP contribution in [0.2, 0.25) is 0 Å². The summed E-state index contributed by atoms with van der Waals surface area (Å²) in [6, 6.07) is 114. The van der Waals surface area contributed by atoms with Crippen LogP contribution in [0, 0.1) is 0 Å². The molecule has 76 heavy (non-hydrogen) atoms. The van der Waals surface area contributed by atoms with E-state index in [2.05, 4.69) is 325 Å². The van der Waals surface area contributed by atoms with Crippen molar-refractivity contribution in [3.63, 3.8) is 0 Å². The van der Waals surface area contributed by atoms with Gasteiger partial charge in [0.05, 0.1) is 0 Å². The van der Waals surface area contributed by atoms with Crippen LogP contribution < -0.4 is 9.80 Å². The van der Waals surface area contributed by atoms with Gasteiger partial charge >= 0.3 is 0 Å². The maximum absolute atomic E-state index is 2.44. The van der Waals surface area contributed by atoms with Crippen LogP contribution in [0.5, 0.6) is 0 Å². The molecule has 2 nitrogen and oxygen atoms in total. The Bertz CT molecular complexity index is 3750. The predicted molar refractivity (Wildman–Crippen MR) is 323 cm³/mol. The van der Waals surface area contributed by atoms with Gasteiger partial charge in [0.2, 0.25) is 0 Å². The van der Waals surface area contributed by atoms with Gasteiger partial charge in [0.1, 0.15) is 0 Å². The summed E-state index contributed by atoms with van der Waals surface area (Å²) in [5.74, 6) is 0. The molecule has 13 rings (SSSR count). The summed E-state index contributed by atoms with van der Waals surface area (Å²) in [5.41, 5.74) is 20.8. The molecule has 2 heteroatoms. The standard InChI is InChI=1S/C74H52N2/c1-7-23-55(24-8-1)65-35-19-21-37-67(65)73-69-49-43-58(54-41-47-64(48-42-54)76(61-31-15-5-16-32-61)62-33-17-6-18-34-62)52-72(69)74(68-38-22-20-36-66(68)56-25-9-2-10-26-56)70-50-44-57(51-71(70)73)53-39-45-63(46-40-53)75(59-27-11-3-12-28-59)60-29-13-4-14-30-60/h1-52H. The molecule has 0 aliphatic rings. The van der Waals surface area contributed by atoms with Gasteiger partial charge in [0.25, 0.3) is 0 Å². The molecule has 0 radical (unpaired) electrons. The van der Waals surface area contributed by atoms with Crippen molar-refractivity contribution in [2.45, 2.75) is 0 Å². The number of para-hydroxylation sites is 4. The molecule has 0 bridgehead atoms. The first-order chi connectivity index (χ1) is 37.7. The maximum Gasteiger partial charge on any atom is 0.0462 e. The number of nitrogens with zero attached hydrogens (tertiary/aromatic N) is 2. The summed E-state index contributed by atoms with van der Waals surface area (Å²) >= 11 is 0. The Kier molecular flexibility index (Phi) is 12.3. The van der Waals surface area contributed by atoms with Crippen molar-refractivity contribution < 1.29 is 0 Å². The van der Waals surface area contributed by atoms with E-state index in [0.29, 0.717) is 0 Å². The molecule has 0 N–H and O–H groups in total. The number of rotatable bonds is 12. The minimum atomic E-state index is 1.10. The predicted octanol–water partition coefficient (Wildman–Crippen LogP) is 20.9. The normalized spacial score (nSPS) is 11.2. The summed E-state index contributed by atoms with van der Waals surface area (Å²) in [4.78, 5) is 4.64. The second-order valence-electron chi connectivity index (χ2n) is 19.2. The van der Waals surface area contributed by atoms with E-state index in [4.69, 9.17) is 0 Å². The number of hydrogen-bond acceptors (Lipinski definition) is 2. The van der Waals surface area contributed by atoms with Crippen LogP contribution >= 0.6 is 0 Å². The van der Waals surface area contributed by atoms with E-state index >= 15 is 0 Å². The summed E-state index contributed by atoms with van der Waals surface area (Å²) in [5, 5.41) is 4.79. The average molecular weight is 969 g/mol. The Morgan fingerprint density at radius 1 is 0.158 bits per heavy atom. The molecule has 13 aromatic rings. The van der Waals surface area contributed by atoms with Gasteiger partial charge in [-0.3, -0.25) is 0 Å². The first-order valence-corrected chi connectivity index (χ1v) is 26.1. The summed E-state index contributed by atoms with van der Waals surface area (Å²) in [6.45, 7) is 0. The van der Waals surface area contributed by atoms with E-state index in [9.17, 15) is 0 Å². The van der Waals surface area contributed by atoms with E-state index in [1.165, 1.54) is 66.1 Å². The Hall–Kier alpha value is -10.0. The molecule has 0 amide bonds. The first-order valence-electron chi connectivity index (χ1n) is 26.1. The fraction of sp³-hybridized carbons (Fsp3) is 0. The SMILES string of the molecule is c1ccc(-c2ccccc2-c2c3ccc(-c4ccc(N(c5ccccc5)c5ccccc5)cc4)cc3c(-c3ccccc3-c3ccccc3)c3ccc(-c4ccc(N(c5ccccc5)c5ccccc5)cc4)cc23)cc1. The summed E-state index contributed by atoms with van der Waals surface area (Å²) < 4.78 is 0. The molecule has 0 heterocycles. The lowest BCUT2D eigenvalue weighted by molar-refractivity contribution is 1.28. The second kappa shape index (κ2) is 20.5. The zero-order valence-corrected chi connectivity index (χ0v) is 41.9. The lowest BCUT2D eigenvalue weighted by atomic mass is 9.81. The van der Waals surface area contributed by atoms with Crippen molar-refractivity contribution in [2.75, 3.05) is 9.80 Å². The highest BCUT2D eigenvalue weighted by Gasteiger charge is 2.23. The molecule has 0 saturated heterocycles. The smallest absolute Gasteiger partial charge is 0.0462 e. The van der Waals surface area contributed by atoms with E-state index in [1.807, 2.05) is 0 Å². The van der Waals surface area contributed by atoms with E-state index in [-0.39, 0.29) is 0 Å². The van der Waals surface area contributed by atoms with Crippen LogP contribution in [0.15, 0.2) is 315 Å². The molecule has 0 unspecified atom stereocenters. The Morgan fingerprint density at radius 3 is 0.724 bits per heavy atom. The topological polar surface area (TPSA) is 6.48 Å². The van der Waals surface area contributed by atoms with Crippen LogP contribution in [-0.2, 0) is 0 Å². The van der Waals surface area contributed by atoms with Crippen LogP contribution in [0.25, 0.3) is 88.3 Å². The molecule has 0 saturated carbocycles. The van der Waals surface area contributed by atoms with Crippen molar-refractivity contribution in [3.8, 4) is 66.8 Å². The minimum Gasteiger partial charge on any atom is -0.311 e. The lowest BCUT2D eigenvalue weighted by Gasteiger charge is -2.25. The van der Waals surface area contributed by atoms with Gasteiger partial charge in [0, 0.05) is 34.1 Å². The highest BCUT2D eigenvalue weighted by molar-refractivity contribution is 6.24. The van der Waals surface area contributed by atoms with Crippen molar-refractivity contribution in [1.82, 2.24) is 0 Å². The molecule has 13 aromatic carbocycles. The van der Waals surface area contributed by atoms with Crippen LogP contribution in [-0.4, -0.2) is 0 Å². The third-order valence-electron chi connectivity index (χ3n) is 14.7. The highest BCUT2D eigenvalue weighted by atomic mass is 15.1. The van der Waals surface area contributed by atoms with Gasteiger partial charge in [-0.15, -0.1) is 0 Å². The summed E-state index contributed by atoms with van der Waals surface area (Å²) in [7, 11) is 0. The monoisotopic (exact) mass is 968 g/mol. The number of benzene rings is 13. The first kappa shape index (κ1) is 45.8. The third kappa shape index (κ3) is 8.78.